The minimum Gasteiger partial charge on any atom is -0.493 e. The van der Waals surface area contributed by atoms with Gasteiger partial charge in [0.05, 0.1) is 12.3 Å². The minimum atomic E-state index is -0.391. The van der Waals surface area contributed by atoms with E-state index in [4.69, 9.17) is 15.2 Å². The average molecular weight is 241 g/mol. The van der Waals surface area contributed by atoms with Gasteiger partial charge in [0.25, 0.3) is 0 Å². The molecule has 0 aliphatic heterocycles. The Kier molecular flexibility index (Phi) is 5.22. The van der Waals surface area contributed by atoms with Crippen LogP contribution in [-0.2, 0) is 4.74 Å². The first kappa shape index (κ1) is 13.8. The normalized spacial score (nSPS) is 10.9. The molecule has 0 aliphatic carbocycles. The van der Waals surface area contributed by atoms with Gasteiger partial charge >= 0.3 is 0 Å². The molecule has 3 nitrogen and oxygen atoms in total. The first-order valence-electron chi connectivity index (χ1n) is 5.77. The number of ether oxygens (including phenoxy) is 2. The molecule has 0 unspecified atom stereocenters. The zero-order valence-corrected chi connectivity index (χ0v) is 10.6. The highest BCUT2D eigenvalue weighted by atomic mass is 19.1. The molecule has 0 saturated heterocycles. The number of hydrogen-bond acceptors (Lipinski definition) is 3. The van der Waals surface area contributed by atoms with Crippen molar-refractivity contribution in [1.29, 1.82) is 0 Å². The SMILES string of the molecule is COCCCOc1cc(N)c(F)cc1C(C)C. The largest absolute Gasteiger partial charge is 0.493 e. The maximum atomic E-state index is 13.4. The molecule has 1 aromatic carbocycles. The van der Waals surface area contributed by atoms with Gasteiger partial charge in [-0.1, -0.05) is 13.8 Å². The summed E-state index contributed by atoms with van der Waals surface area (Å²) in [5.74, 6) is 0.468. The Morgan fingerprint density at radius 2 is 2.00 bits per heavy atom. The third-order valence-corrected chi connectivity index (χ3v) is 2.50. The second-order valence-corrected chi connectivity index (χ2v) is 4.26. The lowest BCUT2D eigenvalue weighted by atomic mass is 10.0. The highest BCUT2D eigenvalue weighted by Crippen LogP contribution is 2.30. The van der Waals surface area contributed by atoms with Crippen LogP contribution in [-0.4, -0.2) is 20.3 Å². The molecule has 0 aromatic heterocycles. The van der Waals surface area contributed by atoms with Gasteiger partial charge in [0.1, 0.15) is 11.6 Å². The maximum Gasteiger partial charge on any atom is 0.146 e. The molecular formula is C13H20FNO2. The van der Waals surface area contributed by atoms with E-state index in [0.717, 1.165) is 12.0 Å². The quantitative estimate of drug-likeness (QED) is 0.615. The molecule has 96 valence electrons. The second-order valence-electron chi connectivity index (χ2n) is 4.26. The standard InChI is InChI=1S/C13H20FNO2/c1-9(2)10-7-11(14)12(15)8-13(10)17-6-4-5-16-3/h7-9H,4-6,15H2,1-3H3. The van der Waals surface area contributed by atoms with Gasteiger partial charge < -0.3 is 15.2 Å². The number of nitrogens with two attached hydrogens (primary N) is 1. The van der Waals surface area contributed by atoms with Crippen LogP contribution in [0.25, 0.3) is 0 Å². The Labute approximate surface area is 102 Å². The molecule has 2 N–H and O–H groups in total. The molecular weight excluding hydrogens is 221 g/mol. The summed E-state index contributed by atoms with van der Waals surface area (Å²) in [5, 5.41) is 0. The molecule has 0 fully saturated rings. The van der Waals surface area contributed by atoms with Gasteiger partial charge in [-0.2, -0.15) is 0 Å². The number of anilines is 1. The number of nitrogen functional groups attached to an aromatic ring is 1. The summed E-state index contributed by atoms with van der Waals surface area (Å²) < 4.78 is 23.9. The number of hydrogen-bond donors (Lipinski definition) is 1. The van der Waals surface area contributed by atoms with Crippen molar-refractivity contribution in [3.63, 3.8) is 0 Å². The molecule has 0 spiro atoms. The predicted molar refractivity (Wildman–Crippen MR) is 66.9 cm³/mol. The molecule has 0 aliphatic rings. The van der Waals surface area contributed by atoms with Gasteiger partial charge in [-0.25, -0.2) is 4.39 Å². The van der Waals surface area contributed by atoms with Crippen LogP contribution < -0.4 is 10.5 Å². The Bertz CT molecular complexity index is 367. The van der Waals surface area contributed by atoms with E-state index in [1.54, 1.807) is 13.2 Å². The third-order valence-electron chi connectivity index (χ3n) is 2.50. The van der Waals surface area contributed by atoms with Crippen molar-refractivity contribution in [2.45, 2.75) is 26.2 Å². The van der Waals surface area contributed by atoms with Crippen molar-refractivity contribution in [2.24, 2.45) is 0 Å². The lowest BCUT2D eigenvalue weighted by Gasteiger charge is -2.15. The predicted octanol–water partition coefficient (Wildman–Crippen LogP) is 2.95. The summed E-state index contributed by atoms with van der Waals surface area (Å²) in [6.07, 6.45) is 0.797. The van der Waals surface area contributed by atoms with Crippen molar-refractivity contribution in [3.05, 3.63) is 23.5 Å². The molecule has 0 bridgehead atoms. The monoisotopic (exact) mass is 241 g/mol. The summed E-state index contributed by atoms with van der Waals surface area (Å²) in [6.45, 7) is 5.17. The Morgan fingerprint density at radius 1 is 1.29 bits per heavy atom. The second kappa shape index (κ2) is 6.45. The molecule has 0 amide bonds. The topological polar surface area (TPSA) is 44.5 Å². The summed E-state index contributed by atoms with van der Waals surface area (Å²) in [5.41, 5.74) is 6.50. The van der Waals surface area contributed by atoms with E-state index in [1.807, 2.05) is 13.8 Å². The van der Waals surface area contributed by atoms with Crippen molar-refractivity contribution in [3.8, 4) is 5.75 Å². The summed E-state index contributed by atoms with van der Waals surface area (Å²) >= 11 is 0. The Hall–Kier alpha value is -1.29. The third kappa shape index (κ3) is 3.89. The van der Waals surface area contributed by atoms with E-state index in [9.17, 15) is 4.39 Å². The van der Waals surface area contributed by atoms with E-state index in [2.05, 4.69) is 0 Å². The van der Waals surface area contributed by atoms with E-state index < -0.39 is 5.82 Å². The van der Waals surface area contributed by atoms with Crippen LogP contribution in [0.2, 0.25) is 0 Å². The van der Waals surface area contributed by atoms with Crippen LogP contribution in [0.5, 0.6) is 5.75 Å². The van der Waals surface area contributed by atoms with Crippen molar-refractivity contribution in [2.75, 3.05) is 26.1 Å². The van der Waals surface area contributed by atoms with Gasteiger partial charge in [0, 0.05) is 26.2 Å². The van der Waals surface area contributed by atoms with Crippen LogP contribution in [0.15, 0.2) is 12.1 Å². The molecule has 1 aromatic rings. The van der Waals surface area contributed by atoms with Crippen LogP contribution in [0, 0.1) is 5.82 Å². The van der Waals surface area contributed by atoms with Crippen LogP contribution in [0.4, 0.5) is 10.1 Å². The van der Waals surface area contributed by atoms with Gasteiger partial charge in [-0.3, -0.25) is 0 Å². The number of halogens is 1. The number of rotatable bonds is 6. The van der Waals surface area contributed by atoms with Crippen LogP contribution >= 0.6 is 0 Å². The van der Waals surface area contributed by atoms with E-state index in [0.29, 0.717) is 19.0 Å². The van der Waals surface area contributed by atoms with E-state index in [-0.39, 0.29) is 11.6 Å². The molecule has 4 heteroatoms. The van der Waals surface area contributed by atoms with Gasteiger partial charge in [-0.05, 0) is 17.5 Å². The summed E-state index contributed by atoms with van der Waals surface area (Å²) in [4.78, 5) is 0. The number of methoxy groups -OCH3 is 1. The Morgan fingerprint density at radius 3 is 2.59 bits per heavy atom. The van der Waals surface area contributed by atoms with Crippen LogP contribution in [0.1, 0.15) is 31.7 Å². The molecule has 0 heterocycles. The lowest BCUT2D eigenvalue weighted by Crippen LogP contribution is -2.05. The lowest BCUT2D eigenvalue weighted by molar-refractivity contribution is 0.171. The fourth-order valence-corrected chi connectivity index (χ4v) is 1.55. The fourth-order valence-electron chi connectivity index (χ4n) is 1.55. The first-order valence-corrected chi connectivity index (χ1v) is 5.77. The highest BCUT2D eigenvalue weighted by molar-refractivity contribution is 5.50. The molecule has 0 radical (unpaired) electrons. The van der Waals surface area contributed by atoms with E-state index >= 15 is 0 Å². The van der Waals surface area contributed by atoms with Crippen molar-refractivity contribution >= 4 is 5.69 Å². The zero-order valence-electron chi connectivity index (χ0n) is 10.6. The average Bonchev–Trinajstić information content (AvgIpc) is 2.28. The molecule has 1 rings (SSSR count). The van der Waals surface area contributed by atoms with Gasteiger partial charge in [-0.15, -0.1) is 0 Å². The van der Waals surface area contributed by atoms with Crippen molar-refractivity contribution < 1.29 is 13.9 Å². The zero-order chi connectivity index (χ0) is 12.8. The highest BCUT2D eigenvalue weighted by Gasteiger charge is 2.12. The van der Waals surface area contributed by atoms with E-state index in [1.165, 1.54) is 6.07 Å². The fraction of sp³-hybridized carbons (Fsp3) is 0.538. The summed E-state index contributed by atoms with van der Waals surface area (Å²) in [7, 11) is 1.65. The molecule has 0 saturated carbocycles. The van der Waals surface area contributed by atoms with Crippen molar-refractivity contribution in [1.82, 2.24) is 0 Å². The van der Waals surface area contributed by atoms with Crippen LogP contribution in [0.3, 0.4) is 0 Å². The number of benzene rings is 1. The molecule has 0 atom stereocenters. The Balaban J connectivity index is 2.78. The van der Waals surface area contributed by atoms with Gasteiger partial charge in [0.2, 0.25) is 0 Å². The smallest absolute Gasteiger partial charge is 0.146 e. The van der Waals surface area contributed by atoms with Gasteiger partial charge in [0.15, 0.2) is 0 Å². The minimum absolute atomic E-state index is 0.121. The first-order chi connectivity index (χ1) is 8.06. The molecule has 17 heavy (non-hydrogen) atoms. The maximum absolute atomic E-state index is 13.4. The summed E-state index contributed by atoms with van der Waals surface area (Å²) in [6, 6.07) is 3.00.